The average molecular weight is 355 g/mol. The number of aliphatic hydroxyl groups excluding tert-OH is 1. The normalized spacial score (nSPS) is 20.5. The Bertz CT molecular complexity index is 784. The van der Waals surface area contributed by atoms with E-state index in [-0.39, 0.29) is 6.04 Å². The van der Waals surface area contributed by atoms with Gasteiger partial charge in [0.1, 0.15) is 5.84 Å². The Hall–Kier alpha value is -2.52. The first-order chi connectivity index (χ1) is 12.2. The molecule has 2 atom stereocenters. The highest BCUT2D eigenvalue weighted by Crippen LogP contribution is 2.42. The van der Waals surface area contributed by atoms with Gasteiger partial charge in [0, 0.05) is 22.7 Å². The largest absolute Gasteiger partial charge is 0.438 e. The van der Waals surface area contributed by atoms with Crippen LogP contribution in [0.3, 0.4) is 0 Å². The van der Waals surface area contributed by atoms with Crippen LogP contribution in [0.25, 0.3) is 0 Å². The lowest BCUT2D eigenvalue weighted by atomic mass is 10.0. The van der Waals surface area contributed by atoms with Crippen LogP contribution in [0.5, 0.6) is 0 Å². The Labute approximate surface area is 154 Å². The van der Waals surface area contributed by atoms with Crippen molar-refractivity contribution in [3.05, 3.63) is 29.3 Å². The zero-order valence-electron chi connectivity index (χ0n) is 15.6. The molecule has 1 saturated carbocycles. The number of amides is 1. The van der Waals surface area contributed by atoms with Crippen molar-refractivity contribution in [1.82, 2.24) is 10.2 Å². The molecule has 1 aliphatic carbocycles. The van der Waals surface area contributed by atoms with Gasteiger partial charge >= 0.3 is 6.09 Å². The zero-order chi connectivity index (χ0) is 19.1. The molecule has 0 aromatic heterocycles. The SMILES string of the molecule is C#Cc1cccc2c1[C@H](O)N(C1CC1)C([C@H](C)OC(=O)NC(C)(C)C)=N2. The van der Waals surface area contributed by atoms with Gasteiger partial charge in [0.2, 0.25) is 0 Å². The highest BCUT2D eigenvalue weighted by atomic mass is 16.6. The van der Waals surface area contributed by atoms with E-state index < -0.39 is 24.0 Å². The summed E-state index contributed by atoms with van der Waals surface area (Å²) in [7, 11) is 0. The number of benzene rings is 1. The molecule has 1 amide bonds. The summed E-state index contributed by atoms with van der Waals surface area (Å²) in [6, 6.07) is 5.60. The molecule has 6 heteroatoms. The number of carbonyl (C=O) groups excluding carboxylic acids is 1. The molecule has 1 heterocycles. The Balaban J connectivity index is 1.92. The lowest BCUT2D eigenvalue weighted by molar-refractivity contribution is 0.0334. The standard InChI is InChI=1S/C20H25N3O3/c1-6-13-8-7-9-15-16(13)18(24)23(14-10-11-14)17(21-15)12(2)26-19(25)22-20(3,4)5/h1,7-9,12,14,18,24H,10-11H2,2-5H3,(H,22,25)/t12-,18-/m0/s1. The van der Waals surface area contributed by atoms with E-state index >= 15 is 0 Å². The van der Waals surface area contributed by atoms with E-state index in [1.807, 2.05) is 37.8 Å². The quantitative estimate of drug-likeness (QED) is 0.817. The fraction of sp³-hybridized carbons (Fsp3) is 0.500. The van der Waals surface area contributed by atoms with E-state index in [4.69, 9.17) is 11.2 Å². The van der Waals surface area contributed by atoms with Crippen LogP contribution < -0.4 is 5.32 Å². The number of amidine groups is 1. The molecule has 26 heavy (non-hydrogen) atoms. The second-order valence-corrected chi connectivity index (χ2v) is 7.79. The number of fused-ring (bicyclic) bond motifs is 1. The van der Waals surface area contributed by atoms with Gasteiger partial charge in [0.25, 0.3) is 0 Å². The monoisotopic (exact) mass is 355 g/mol. The molecule has 2 N–H and O–H groups in total. The Kier molecular flexibility index (Phi) is 4.68. The maximum absolute atomic E-state index is 12.1. The lowest BCUT2D eigenvalue weighted by Gasteiger charge is -2.38. The minimum Gasteiger partial charge on any atom is -0.438 e. The van der Waals surface area contributed by atoms with Crippen LogP contribution in [0.1, 0.15) is 57.9 Å². The molecule has 138 valence electrons. The summed E-state index contributed by atoms with van der Waals surface area (Å²) in [6.07, 6.45) is 5.50. The summed E-state index contributed by atoms with van der Waals surface area (Å²) in [5, 5.41) is 13.8. The number of terminal acetylenes is 1. The van der Waals surface area contributed by atoms with E-state index in [2.05, 4.69) is 16.2 Å². The third kappa shape index (κ3) is 3.68. The fourth-order valence-corrected chi connectivity index (χ4v) is 3.08. The first kappa shape index (κ1) is 18.3. The molecule has 2 aliphatic rings. The van der Waals surface area contributed by atoms with Gasteiger partial charge in [-0.25, -0.2) is 9.79 Å². The van der Waals surface area contributed by atoms with Gasteiger partial charge in [-0.3, -0.25) is 0 Å². The van der Waals surface area contributed by atoms with Crippen molar-refractivity contribution < 1.29 is 14.6 Å². The van der Waals surface area contributed by atoms with E-state index in [1.54, 1.807) is 13.0 Å². The number of aliphatic hydroxyl groups is 1. The number of hydrogen-bond acceptors (Lipinski definition) is 5. The van der Waals surface area contributed by atoms with E-state index in [0.29, 0.717) is 22.6 Å². The number of nitrogens with one attached hydrogen (secondary N) is 1. The number of rotatable bonds is 3. The smallest absolute Gasteiger partial charge is 0.408 e. The van der Waals surface area contributed by atoms with Crippen LogP contribution in [-0.4, -0.2) is 39.6 Å². The number of ether oxygens (including phenoxy) is 1. The van der Waals surface area contributed by atoms with Crippen LogP contribution in [0.2, 0.25) is 0 Å². The maximum atomic E-state index is 12.1. The minimum atomic E-state index is -0.894. The number of aliphatic imine (C=N–C) groups is 1. The minimum absolute atomic E-state index is 0.180. The molecule has 0 unspecified atom stereocenters. The van der Waals surface area contributed by atoms with Crippen molar-refractivity contribution in [2.75, 3.05) is 0 Å². The number of hydrogen-bond donors (Lipinski definition) is 2. The van der Waals surface area contributed by atoms with Crippen molar-refractivity contribution in [3.63, 3.8) is 0 Å². The van der Waals surface area contributed by atoms with Crippen LogP contribution in [0.4, 0.5) is 10.5 Å². The van der Waals surface area contributed by atoms with Crippen molar-refractivity contribution in [2.45, 2.75) is 64.4 Å². The second-order valence-electron chi connectivity index (χ2n) is 7.79. The van der Waals surface area contributed by atoms with Gasteiger partial charge in [-0.05, 0) is 52.7 Å². The molecule has 1 fully saturated rings. The van der Waals surface area contributed by atoms with E-state index in [0.717, 1.165) is 12.8 Å². The molecular formula is C20H25N3O3. The molecule has 1 aromatic rings. The topological polar surface area (TPSA) is 74.2 Å². The summed E-state index contributed by atoms with van der Waals surface area (Å²) in [5.41, 5.74) is 1.49. The first-order valence-electron chi connectivity index (χ1n) is 8.84. The van der Waals surface area contributed by atoms with Crippen LogP contribution in [-0.2, 0) is 4.74 Å². The summed E-state index contributed by atoms with van der Waals surface area (Å²) in [4.78, 5) is 18.6. The van der Waals surface area contributed by atoms with E-state index in [9.17, 15) is 9.90 Å². The van der Waals surface area contributed by atoms with Crippen molar-refractivity contribution in [2.24, 2.45) is 4.99 Å². The Morgan fingerprint density at radius 2 is 2.15 bits per heavy atom. The summed E-state index contributed by atoms with van der Waals surface area (Å²) >= 11 is 0. The van der Waals surface area contributed by atoms with Gasteiger partial charge in [-0.15, -0.1) is 6.42 Å². The lowest BCUT2D eigenvalue weighted by Crippen LogP contribution is -2.48. The number of alkyl carbamates (subject to hydrolysis) is 1. The molecular weight excluding hydrogens is 330 g/mol. The van der Waals surface area contributed by atoms with E-state index in [1.165, 1.54) is 0 Å². The molecule has 1 aromatic carbocycles. The zero-order valence-corrected chi connectivity index (χ0v) is 15.6. The third-order valence-corrected chi connectivity index (χ3v) is 4.32. The summed E-state index contributed by atoms with van der Waals surface area (Å²) in [6.45, 7) is 7.41. The molecule has 0 spiro atoms. The predicted molar refractivity (Wildman–Crippen MR) is 100 cm³/mol. The number of nitrogens with zero attached hydrogens (tertiary/aromatic N) is 2. The van der Waals surface area contributed by atoms with Crippen LogP contribution >= 0.6 is 0 Å². The second kappa shape index (κ2) is 6.65. The Morgan fingerprint density at radius 3 is 2.73 bits per heavy atom. The predicted octanol–water partition coefficient (Wildman–Crippen LogP) is 3.08. The third-order valence-electron chi connectivity index (χ3n) is 4.32. The van der Waals surface area contributed by atoms with Gasteiger partial charge in [-0.2, -0.15) is 0 Å². The van der Waals surface area contributed by atoms with Gasteiger partial charge in [0.05, 0.1) is 5.69 Å². The summed E-state index contributed by atoms with van der Waals surface area (Å²) in [5.74, 6) is 3.16. The van der Waals surface area contributed by atoms with Gasteiger partial charge in [0.15, 0.2) is 12.3 Å². The Morgan fingerprint density at radius 1 is 1.46 bits per heavy atom. The molecule has 1 aliphatic heterocycles. The maximum Gasteiger partial charge on any atom is 0.408 e. The molecule has 3 rings (SSSR count). The van der Waals surface area contributed by atoms with Crippen LogP contribution in [0.15, 0.2) is 23.2 Å². The first-order valence-corrected chi connectivity index (χ1v) is 8.84. The molecule has 0 bridgehead atoms. The van der Waals surface area contributed by atoms with Gasteiger partial charge < -0.3 is 20.1 Å². The highest BCUT2D eigenvalue weighted by Gasteiger charge is 2.42. The average Bonchev–Trinajstić information content (AvgIpc) is 3.36. The molecule has 0 saturated heterocycles. The number of carbonyl (C=O) groups is 1. The highest BCUT2D eigenvalue weighted by molar-refractivity contribution is 5.93. The van der Waals surface area contributed by atoms with Crippen LogP contribution in [0, 0.1) is 12.3 Å². The summed E-state index contributed by atoms with van der Waals surface area (Å²) < 4.78 is 5.52. The van der Waals surface area contributed by atoms with Gasteiger partial charge in [-0.1, -0.05) is 12.0 Å². The molecule has 6 nitrogen and oxygen atoms in total. The molecule has 0 radical (unpaired) electrons. The van der Waals surface area contributed by atoms with Crippen molar-refractivity contribution >= 4 is 17.6 Å². The van der Waals surface area contributed by atoms with Crippen molar-refractivity contribution in [1.29, 1.82) is 0 Å². The van der Waals surface area contributed by atoms with Crippen molar-refractivity contribution in [3.8, 4) is 12.3 Å². The fourth-order valence-electron chi connectivity index (χ4n) is 3.08.